The van der Waals surface area contributed by atoms with Crippen LogP contribution in [0.4, 0.5) is 0 Å². The van der Waals surface area contributed by atoms with Crippen LogP contribution in [-0.2, 0) is 18.6 Å². The molecule has 0 saturated heterocycles. The molecule has 2 aromatic carbocycles. The van der Waals surface area contributed by atoms with Gasteiger partial charge in [-0.25, -0.2) is 0 Å². The van der Waals surface area contributed by atoms with Crippen LogP contribution in [0.3, 0.4) is 0 Å². The summed E-state index contributed by atoms with van der Waals surface area (Å²) in [6.45, 7) is 12.5. The largest absolute Gasteiger partial charge is 0.308 e. The van der Waals surface area contributed by atoms with E-state index in [1.807, 2.05) is 12.3 Å². The summed E-state index contributed by atoms with van der Waals surface area (Å²) >= 11 is 1.77. The Morgan fingerprint density at radius 3 is 2.77 bits per heavy atom. The van der Waals surface area contributed by atoms with Crippen molar-refractivity contribution in [3.05, 3.63) is 76.0 Å². The molecule has 0 spiro atoms. The average molecular weight is 432 g/mol. The van der Waals surface area contributed by atoms with Gasteiger partial charge < -0.3 is 5.32 Å². The molecule has 0 aromatic heterocycles. The molecule has 1 N–H and O–H groups in total. The van der Waals surface area contributed by atoms with Crippen LogP contribution in [0.5, 0.6) is 0 Å². The molecule has 0 saturated carbocycles. The van der Waals surface area contributed by atoms with E-state index in [0.29, 0.717) is 18.0 Å². The first-order valence-electron chi connectivity index (χ1n) is 11.1. The van der Waals surface area contributed by atoms with Crippen molar-refractivity contribution >= 4 is 23.4 Å². The Bertz CT molecular complexity index is 998. The number of benzene rings is 2. The molecule has 0 heterocycles. The van der Waals surface area contributed by atoms with Gasteiger partial charge in [0, 0.05) is 28.9 Å². The molecule has 2 aromatic rings. The number of fused-ring (bicyclic) bond motifs is 1. The van der Waals surface area contributed by atoms with E-state index >= 15 is 0 Å². The fraction of sp³-hybridized carbons (Fsp3) is 0.407. The van der Waals surface area contributed by atoms with E-state index in [2.05, 4.69) is 81.1 Å². The summed E-state index contributed by atoms with van der Waals surface area (Å²) in [5.41, 5.74) is 7.19. The van der Waals surface area contributed by atoms with Gasteiger partial charge in [0.05, 0.1) is 11.6 Å². The van der Waals surface area contributed by atoms with Crippen LogP contribution in [0.1, 0.15) is 73.5 Å². The SMILES string of the molecule is C=N/C=C(\SCc1ccc(CC(C)C)c(C#N)c1)c1cccc2c1CCC2NC(C)C. The topological polar surface area (TPSA) is 48.2 Å². The van der Waals surface area contributed by atoms with E-state index in [4.69, 9.17) is 0 Å². The van der Waals surface area contributed by atoms with Gasteiger partial charge in [-0.2, -0.15) is 5.26 Å². The zero-order valence-electron chi connectivity index (χ0n) is 19.1. The molecule has 4 heteroatoms. The second kappa shape index (κ2) is 10.8. The lowest BCUT2D eigenvalue weighted by Crippen LogP contribution is -2.26. The smallest absolute Gasteiger partial charge is 0.0994 e. The summed E-state index contributed by atoms with van der Waals surface area (Å²) in [4.78, 5) is 5.24. The molecular formula is C27H33N3S. The predicted molar refractivity (Wildman–Crippen MR) is 134 cm³/mol. The van der Waals surface area contributed by atoms with Crippen molar-refractivity contribution in [1.82, 2.24) is 5.32 Å². The Morgan fingerprint density at radius 2 is 2.10 bits per heavy atom. The minimum atomic E-state index is 0.421. The zero-order valence-corrected chi connectivity index (χ0v) is 19.9. The summed E-state index contributed by atoms with van der Waals surface area (Å²) in [5.74, 6) is 1.34. The third kappa shape index (κ3) is 5.87. The fourth-order valence-electron chi connectivity index (χ4n) is 4.32. The molecule has 1 unspecified atom stereocenters. The first-order valence-corrected chi connectivity index (χ1v) is 12.1. The molecule has 0 amide bonds. The van der Waals surface area contributed by atoms with Crippen LogP contribution in [-0.4, -0.2) is 12.8 Å². The Kier molecular flexibility index (Phi) is 8.12. The number of nitrogens with zero attached hydrogens (tertiary/aromatic N) is 2. The van der Waals surface area contributed by atoms with Crippen molar-refractivity contribution in [2.24, 2.45) is 10.9 Å². The normalized spacial score (nSPS) is 15.9. The third-order valence-electron chi connectivity index (χ3n) is 5.60. The monoisotopic (exact) mass is 431 g/mol. The maximum atomic E-state index is 9.59. The van der Waals surface area contributed by atoms with Crippen molar-refractivity contribution in [1.29, 1.82) is 5.26 Å². The lowest BCUT2D eigenvalue weighted by Gasteiger charge is -2.18. The standard InChI is InChI=1S/C27H33N3S/c1-18(2)13-21-10-9-20(14-22(21)15-28)17-31-27(16-29-5)25-8-6-7-24-23(25)11-12-26(24)30-19(3)4/h6-10,14,16,18-19,26,30H,5,11-13,17H2,1-4H3/b27-16-. The highest BCUT2D eigenvalue weighted by Gasteiger charge is 2.25. The van der Waals surface area contributed by atoms with Crippen molar-refractivity contribution in [2.75, 3.05) is 0 Å². The maximum absolute atomic E-state index is 9.59. The van der Waals surface area contributed by atoms with E-state index in [1.54, 1.807) is 11.8 Å². The molecule has 1 atom stereocenters. The van der Waals surface area contributed by atoms with E-state index < -0.39 is 0 Å². The number of thioether (sulfide) groups is 1. The van der Waals surface area contributed by atoms with Gasteiger partial charge in [-0.1, -0.05) is 58.0 Å². The molecule has 0 fully saturated rings. The van der Waals surface area contributed by atoms with Crippen LogP contribution in [0.2, 0.25) is 0 Å². The van der Waals surface area contributed by atoms with Gasteiger partial charge in [0.15, 0.2) is 0 Å². The van der Waals surface area contributed by atoms with Crippen LogP contribution in [0.25, 0.3) is 4.91 Å². The number of nitrogens with one attached hydrogen (secondary N) is 1. The zero-order chi connectivity index (χ0) is 22.4. The molecule has 0 bridgehead atoms. The quantitative estimate of drug-likeness (QED) is 0.451. The van der Waals surface area contributed by atoms with Gasteiger partial charge in [0.2, 0.25) is 0 Å². The average Bonchev–Trinajstić information content (AvgIpc) is 3.14. The third-order valence-corrected chi connectivity index (χ3v) is 6.71. The summed E-state index contributed by atoms with van der Waals surface area (Å²) in [6, 6.07) is 16.2. The van der Waals surface area contributed by atoms with Crippen molar-refractivity contribution in [3.8, 4) is 6.07 Å². The molecule has 31 heavy (non-hydrogen) atoms. The van der Waals surface area contributed by atoms with E-state index in [9.17, 15) is 5.26 Å². The van der Waals surface area contributed by atoms with E-state index in [1.165, 1.54) is 16.7 Å². The Labute approximate surface area is 191 Å². The molecule has 1 aliphatic carbocycles. The summed E-state index contributed by atoms with van der Waals surface area (Å²) < 4.78 is 0. The maximum Gasteiger partial charge on any atom is 0.0994 e. The van der Waals surface area contributed by atoms with Crippen molar-refractivity contribution in [2.45, 2.75) is 64.8 Å². The van der Waals surface area contributed by atoms with Crippen LogP contribution < -0.4 is 5.32 Å². The first kappa shape index (κ1) is 23.3. The van der Waals surface area contributed by atoms with E-state index in [0.717, 1.165) is 46.6 Å². The highest BCUT2D eigenvalue weighted by atomic mass is 32.2. The van der Waals surface area contributed by atoms with Gasteiger partial charge >= 0.3 is 0 Å². The lowest BCUT2D eigenvalue weighted by atomic mass is 9.97. The van der Waals surface area contributed by atoms with Crippen molar-refractivity contribution in [3.63, 3.8) is 0 Å². The minimum Gasteiger partial charge on any atom is -0.308 e. The molecule has 0 radical (unpaired) electrons. The van der Waals surface area contributed by atoms with Crippen LogP contribution in [0.15, 0.2) is 47.6 Å². The highest BCUT2D eigenvalue weighted by Crippen LogP contribution is 2.40. The molecule has 1 aliphatic rings. The second-order valence-electron chi connectivity index (χ2n) is 8.95. The second-order valence-corrected chi connectivity index (χ2v) is 9.97. The lowest BCUT2D eigenvalue weighted by molar-refractivity contribution is 0.475. The minimum absolute atomic E-state index is 0.421. The fourth-order valence-corrected chi connectivity index (χ4v) is 5.32. The van der Waals surface area contributed by atoms with Gasteiger partial charge in [-0.05, 0) is 65.8 Å². The number of aliphatic imine (C=N–C) groups is 1. The summed E-state index contributed by atoms with van der Waals surface area (Å²) in [5, 5.41) is 13.3. The molecule has 3 nitrogen and oxygen atoms in total. The Morgan fingerprint density at radius 1 is 1.29 bits per heavy atom. The van der Waals surface area contributed by atoms with Gasteiger partial charge in [-0.15, -0.1) is 11.8 Å². The molecular weight excluding hydrogens is 398 g/mol. The summed E-state index contributed by atoms with van der Waals surface area (Å²) in [7, 11) is 0. The molecule has 162 valence electrons. The van der Waals surface area contributed by atoms with Gasteiger partial charge in [-0.3, -0.25) is 4.99 Å². The number of hydrogen-bond donors (Lipinski definition) is 1. The molecule has 0 aliphatic heterocycles. The van der Waals surface area contributed by atoms with E-state index in [-0.39, 0.29) is 0 Å². The van der Waals surface area contributed by atoms with Gasteiger partial charge in [0.1, 0.15) is 0 Å². The highest BCUT2D eigenvalue weighted by molar-refractivity contribution is 8.07. The summed E-state index contributed by atoms with van der Waals surface area (Å²) in [6.07, 6.45) is 5.02. The van der Waals surface area contributed by atoms with Gasteiger partial charge in [0.25, 0.3) is 0 Å². The first-order chi connectivity index (χ1) is 14.9. The van der Waals surface area contributed by atoms with Crippen molar-refractivity contribution < 1.29 is 0 Å². The predicted octanol–water partition coefficient (Wildman–Crippen LogP) is 6.67. The molecule has 3 rings (SSSR count). The Hall–Kier alpha value is -2.35. The number of hydrogen-bond acceptors (Lipinski definition) is 4. The van der Waals surface area contributed by atoms with Crippen LogP contribution >= 0.6 is 11.8 Å². The van der Waals surface area contributed by atoms with Crippen LogP contribution in [0, 0.1) is 17.2 Å². The number of nitriles is 1. The number of rotatable bonds is 9. The Balaban J connectivity index is 1.81.